The van der Waals surface area contributed by atoms with Gasteiger partial charge in [0.25, 0.3) is 0 Å². The van der Waals surface area contributed by atoms with Crippen molar-refractivity contribution in [1.82, 2.24) is 14.8 Å². The van der Waals surface area contributed by atoms with Crippen LogP contribution < -0.4 is 0 Å². The van der Waals surface area contributed by atoms with Gasteiger partial charge in [-0.05, 0) is 18.3 Å². The molecule has 1 N–H and O–H groups in total. The Morgan fingerprint density at radius 2 is 1.89 bits per heavy atom. The molecule has 0 bridgehead atoms. The van der Waals surface area contributed by atoms with Gasteiger partial charge in [0.05, 0.1) is 0 Å². The summed E-state index contributed by atoms with van der Waals surface area (Å²) in [5.74, 6) is 3.20. The first-order valence-corrected chi connectivity index (χ1v) is 7.22. The molecule has 0 radical (unpaired) electrons. The molecule has 2 rings (SSSR count). The van der Waals surface area contributed by atoms with Gasteiger partial charge in [0.1, 0.15) is 12.4 Å². The molecular weight excluding hydrogens is 226 g/mol. The molecule has 0 unspecified atom stereocenters. The third-order valence-corrected chi connectivity index (χ3v) is 3.84. The van der Waals surface area contributed by atoms with Gasteiger partial charge in [0.2, 0.25) is 0 Å². The van der Waals surface area contributed by atoms with Crippen LogP contribution in [0.3, 0.4) is 0 Å². The van der Waals surface area contributed by atoms with Crippen molar-refractivity contribution in [2.24, 2.45) is 11.8 Å². The van der Waals surface area contributed by atoms with E-state index in [1.807, 2.05) is 0 Å². The minimum Gasteiger partial charge on any atom is -0.388 e. The molecule has 1 heterocycles. The highest BCUT2D eigenvalue weighted by Crippen LogP contribution is 2.28. The predicted molar refractivity (Wildman–Crippen MR) is 71.1 cm³/mol. The average molecular weight is 251 g/mol. The molecule has 0 aliphatic heterocycles. The fraction of sp³-hybridized carbons (Fsp3) is 0.857. The first-order valence-electron chi connectivity index (χ1n) is 7.22. The molecule has 1 aliphatic rings. The van der Waals surface area contributed by atoms with Crippen molar-refractivity contribution in [2.45, 2.75) is 65.5 Å². The van der Waals surface area contributed by atoms with Gasteiger partial charge in [-0.1, -0.05) is 39.5 Å². The number of aryl methyl sites for hydroxylation is 1. The van der Waals surface area contributed by atoms with E-state index in [9.17, 15) is 5.11 Å². The number of hydrogen-bond acceptors (Lipinski definition) is 3. The third kappa shape index (κ3) is 3.31. The molecule has 0 aromatic carbocycles. The molecule has 0 spiro atoms. The lowest BCUT2D eigenvalue weighted by atomic mass is 10.0. The summed E-state index contributed by atoms with van der Waals surface area (Å²) in [7, 11) is 0. The molecule has 1 fully saturated rings. The molecular formula is C14H25N3O. The SMILES string of the molecule is CC(C)Cn1c(CO)nnc1CCC1CCCC1. The number of aromatic nitrogens is 3. The standard InChI is InChI=1S/C14H25N3O/c1-11(2)9-17-13(15-16-14(17)10-18)8-7-12-5-3-4-6-12/h11-12,18H,3-10H2,1-2H3. The molecule has 0 amide bonds. The van der Waals surface area contributed by atoms with Crippen molar-refractivity contribution in [1.29, 1.82) is 0 Å². The van der Waals surface area contributed by atoms with Gasteiger partial charge in [-0.3, -0.25) is 0 Å². The Hall–Kier alpha value is -0.900. The number of aliphatic hydroxyl groups excluding tert-OH is 1. The predicted octanol–water partition coefficient (Wildman–Crippen LogP) is 2.55. The van der Waals surface area contributed by atoms with E-state index in [0.717, 1.165) is 24.7 Å². The van der Waals surface area contributed by atoms with Gasteiger partial charge in [-0.25, -0.2) is 0 Å². The lowest BCUT2D eigenvalue weighted by molar-refractivity contribution is 0.261. The maximum Gasteiger partial charge on any atom is 0.158 e. The second-order valence-corrected chi connectivity index (χ2v) is 5.88. The minimum atomic E-state index is -0.0108. The first kappa shape index (κ1) is 13.5. The van der Waals surface area contributed by atoms with E-state index in [1.54, 1.807) is 0 Å². The first-order chi connectivity index (χ1) is 8.70. The van der Waals surface area contributed by atoms with E-state index in [-0.39, 0.29) is 6.61 Å². The molecule has 0 atom stereocenters. The van der Waals surface area contributed by atoms with Crippen LogP contribution in [0.5, 0.6) is 0 Å². The van der Waals surface area contributed by atoms with Crippen LogP contribution in [0.4, 0.5) is 0 Å². The van der Waals surface area contributed by atoms with Gasteiger partial charge in [0.15, 0.2) is 5.82 Å². The van der Waals surface area contributed by atoms with Gasteiger partial charge in [-0.15, -0.1) is 10.2 Å². The molecule has 1 aliphatic carbocycles. The van der Waals surface area contributed by atoms with Crippen LogP contribution in [0.25, 0.3) is 0 Å². The summed E-state index contributed by atoms with van der Waals surface area (Å²) in [6.45, 7) is 5.26. The average Bonchev–Trinajstić information content (AvgIpc) is 2.95. The van der Waals surface area contributed by atoms with Crippen LogP contribution in [0.2, 0.25) is 0 Å². The van der Waals surface area contributed by atoms with Gasteiger partial charge >= 0.3 is 0 Å². The van der Waals surface area contributed by atoms with Gasteiger partial charge in [-0.2, -0.15) is 0 Å². The number of nitrogens with zero attached hydrogens (tertiary/aromatic N) is 3. The molecule has 102 valence electrons. The maximum absolute atomic E-state index is 9.30. The molecule has 4 heteroatoms. The smallest absolute Gasteiger partial charge is 0.158 e. The van der Waals surface area contributed by atoms with Gasteiger partial charge < -0.3 is 9.67 Å². The van der Waals surface area contributed by atoms with Gasteiger partial charge in [0, 0.05) is 13.0 Å². The monoisotopic (exact) mass is 251 g/mol. The van der Waals surface area contributed by atoms with E-state index < -0.39 is 0 Å². The van der Waals surface area contributed by atoms with Crippen molar-refractivity contribution in [3.05, 3.63) is 11.6 Å². The molecule has 4 nitrogen and oxygen atoms in total. The van der Waals surface area contributed by atoms with E-state index >= 15 is 0 Å². The fourth-order valence-corrected chi connectivity index (χ4v) is 2.88. The van der Waals surface area contributed by atoms with E-state index in [2.05, 4.69) is 28.6 Å². The Kier molecular flexibility index (Phi) is 4.75. The van der Waals surface area contributed by atoms with Crippen LogP contribution >= 0.6 is 0 Å². The highest BCUT2D eigenvalue weighted by Gasteiger charge is 2.18. The summed E-state index contributed by atoms with van der Waals surface area (Å²) in [6, 6.07) is 0. The number of rotatable bonds is 6. The zero-order valence-electron chi connectivity index (χ0n) is 11.6. The number of aliphatic hydroxyl groups is 1. The van der Waals surface area contributed by atoms with Crippen LogP contribution in [0.1, 0.15) is 57.6 Å². The molecule has 1 saturated carbocycles. The largest absolute Gasteiger partial charge is 0.388 e. The minimum absolute atomic E-state index is 0.0108. The van der Waals surface area contributed by atoms with Crippen LogP contribution in [-0.2, 0) is 19.6 Å². The summed E-state index contributed by atoms with van der Waals surface area (Å²) in [5.41, 5.74) is 0. The highest BCUT2D eigenvalue weighted by molar-refractivity contribution is 4.96. The topological polar surface area (TPSA) is 50.9 Å². The van der Waals surface area contributed by atoms with E-state index in [1.165, 1.54) is 32.1 Å². The lowest BCUT2D eigenvalue weighted by Crippen LogP contribution is -2.13. The highest BCUT2D eigenvalue weighted by atomic mass is 16.3. The summed E-state index contributed by atoms with van der Waals surface area (Å²) in [4.78, 5) is 0. The maximum atomic E-state index is 9.30. The van der Waals surface area contributed by atoms with Crippen LogP contribution in [0, 0.1) is 11.8 Å². The molecule has 18 heavy (non-hydrogen) atoms. The van der Waals surface area contributed by atoms with Crippen molar-refractivity contribution >= 4 is 0 Å². The summed E-state index contributed by atoms with van der Waals surface area (Å²) >= 11 is 0. The molecule has 0 saturated heterocycles. The van der Waals surface area contributed by atoms with Crippen LogP contribution in [0.15, 0.2) is 0 Å². The molecule has 1 aromatic heterocycles. The second-order valence-electron chi connectivity index (χ2n) is 5.88. The second kappa shape index (κ2) is 6.32. The van der Waals surface area contributed by atoms with Crippen molar-refractivity contribution < 1.29 is 5.11 Å². The quantitative estimate of drug-likeness (QED) is 0.845. The Balaban J connectivity index is 1.99. The zero-order chi connectivity index (χ0) is 13.0. The normalized spacial score (nSPS) is 16.9. The number of hydrogen-bond donors (Lipinski definition) is 1. The summed E-state index contributed by atoms with van der Waals surface area (Å²) in [5, 5.41) is 17.7. The van der Waals surface area contributed by atoms with E-state index in [0.29, 0.717) is 11.7 Å². The van der Waals surface area contributed by atoms with Crippen molar-refractivity contribution in [3.8, 4) is 0 Å². The Morgan fingerprint density at radius 3 is 2.50 bits per heavy atom. The fourth-order valence-electron chi connectivity index (χ4n) is 2.88. The summed E-state index contributed by atoms with van der Waals surface area (Å²) in [6.07, 6.45) is 7.78. The lowest BCUT2D eigenvalue weighted by Gasteiger charge is -2.13. The molecule has 1 aromatic rings. The van der Waals surface area contributed by atoms with Crippen molar-refractivity contribution in [3.63, 3.8) is 0 Å². The van der Waals surface area contributed by atoms with E-state index in [4.69, 9.17) is 0 Å². The third-order valence-electron chi connectivity index (χ3n) is 3.84. The zero-order valence-corrected chi connectivity index (χ0v) is 11.6. The van der Waals surface area contributed by atoms with Crippen LogP contribution in [-0.4, -0.2) is 19.9 Å². The Labute approximate surface area is 109 Å². The summed E-state index contributed by atoms with van der Waals surface area (Å²) < 4.78 is 2.11. The van der Waals surface area contributed by atoms with Crippen molar-refractivity contribution in [2.75, 3.05) is 0 Å². The Bertz CT molecular complexity index is 367. The Morgan fingerprint density at radius 1 is 1.22 bits per heavy atom.